The van der Waals surface area contributed by atoms with E-state index in [9.17, 15) is 13.6 Å². The van der Waals surface area contributed by atoms with Crippen LogP contribution in [0.5, 0.6) is 0 Å². The van der Waals surface area contributed by atoms with Crippen LogP contribution in [0.1, 0.15) is 24.8 Å². The third-order valence-electron chi connectivity index (χ3n) is 3.24. The van der Waals surface area contributed by atoms with Gasteiger partial charge < -0.3 is 11.1 Å². The molecule has 106 valence electrons. The zero-order valence-electron chi connectivity index (χ0n) is 10.5. The minimum absolute atomic E-state index is 0. The number of hydrogen-bond donors (Lipinski definition) is 2. The van der Waals surface area contributed by atoms with E-state index in [1.165, 1.54) is 12.1 Å². The van der Waals surface area contributed by atoms with Crippen LogP contribution in [0, 0.1) is 17.6 Å². The number of hydrogen-bond acceptors (Lipinski definition) is 2. The highest BCUT2D eigenvalue weighted by Crippen LogP contribution is 2.47. The summed E-state index contributed by atoms with van der Waals surface area (Å²) in [7, 11) is 0. The van der Waals surface area contributed by atoms with Gasteiger partial charge in [-0.1, -0.05) is 6.07 Å². The monoisotopic (exact) mass is 290 g/mol. The van der Waals surface area contributed by atoms with E-state index in [0.29, 0.717) is 18.5 Å². The lowest BCUT2D eigenvalue weighted by molar-refractivity contribution is -0.122. The van der Waals surface area contributed by atoms with Gasteiger partial charge in [-0.2, -0.15) is 0 Å². The summed E-state index contributed by atoms with van der Waals surface area (Å²) in [5.74, 6) is -1.96. The minimum Gasteiger partial charge on any atom is -0.352 e. The van der Waals surface area contributed by atoms with Crippen LogP contribution in [-0.2, 0) is 4.79 Å². The first-order chi connectivity index (χ1) is 8.52. The first-order valence-electron chi connectivity index (χ1n) is 5.98. The van der Waals surface area contributed by atoms with Crippen molar-refractivity contribution >= 4 is 18.3 Å². The highest BCUT2D eigenvalue weighted by molar-refractivity contribution is 5.85. The van der Waals surface area contributed by atoms with Crippen LogP contribution in [0.4, 0.5) is 8.78 Å². The van der Waals surface area contributed by atoms with Crippen molar-refractivity contribution in [2.24, 2.45) is 11.7 Å². The zero-order chi connectivity index (χ0) is 13.3. The number of halogens is 3. The Morgan fingerprint density at radius 1 is 1.47 bits per heavy atom. The van der Waals surface area contributed by atoms with Crippen molar-refractivity contribution < 1.29 is 13.6 Å². The molecule has 0 radical (unpaired) electrons. The maximum Gasteiger partial charge on any atom is 0.224 e. The molecule has 3 atom stereocenters. The fourth-order valence-electron chi connectivity index (χ4n) is 2.00. The Morgan fingerprint density at radius 2 is 2.16 bits per heavy atom. The lowest BCUT2D eigenvalue weighted by atomic mass is 10.1. The minimum atomic E-state index is -0.867. The molecule has 1 aromatic rings. The van der Waals surface area contributed by atoms with Crippen molar-refractivity contribution in [1.29, 1.82) is 0 Å². The van der Waals surface area contributed by atoms with E-state index in [4.69, 9.17) is 5.73 Å². The van der Waals surface area contributed by atoms with Crippen LogP contribution in [-0.4, -0.2) is 18.5 Å². The number of nitrogens with two attached hydrogens (primary N) is 1. The molecule has 0 heterocycles. The van der Waals surface area contributed by atoms with Gasteiger partial charge >= 0.3 is 0 Å². The van der Waals surface area contributed by atoms with E-state index in [1.807, 2.05) is 6.92 Å². The van der Waals surface area contributed by atoms with Crippen molar-refractivity contribution in [2.75, 3.05) is 6.54 Å². The predicted molar refractivity (Wildman–Crippen MR) is 71.1 cm³/mol. The van der Waals surface area contributed by atoms with Gasteiger partial charge in [0.25, 0.3) is 0 Å². The fraction of sp³-hybridized carbons (Fsp3) is 0.462. The van der Waals surface area contributed by atoms with Gasteiger partial charge in [0.05, 0.1) is 0 Å². The second-order valence-corrected chi connectivity index (χ2v) is 4.77. The number of carbonyl (C=O) groups is 1. The zero-order valence-corrected chi connectivity index (χ0v) is 11.3. The van der Waals surface area contributed by atoms with Crippen LogP contribution >= 0.6 is 12.4 Å². The number of rotatable bonds is 4. The predicted octanol–water partition coefficient (Wildman–Crippen LogP) is 1.95. The highest BCUT2D eigenvalue weighted by Gasteiger charge is 2.44. The van der Waals surface area contributed by atoms with Crippen molar-refractivity contribution in [3.63, 3.8) is 0 Å². The van der Waals surface area contributed by atoms with Gasteiger partial charge in [0.2, 0.25) is 5.91 Å². The third-order valence-corrected chi connectivity index (χ3v) is 3.24. The highest BCUT2D eigenvalue weighted by atomic mass is 35.5. The van der Waals surface area contributed by atoms with Crippen LogP contribution < -0.4 is 11.1 Å². The first-order valence-corrected chi connectivity index (χ1v) is 5.98. The summed E-state index contributed by atoms with van der Waals surface area (Å²) in [6, 6.07) is 3.73. The quantitative estimate of drug-likeness (QED) is 0.890. The number of carbonyl (C=O) groups excluding carboxylic acids is 1. The molecule has 1 fully saturated rings. The number of benzene rings is 1. The third kappa shape index (κ3) is 3.64. The molecule has 0 aromatic heterocycles. The molecule has 2 rings (SSSR count). The SMILES string of the molecule is C[C@@H](CN)NC(=O)C1CC1c1ccc(F)c(F)c1.Cl. The molecule has 1 amide bonds. The number of nitrogens with one attached hydrogen (secondary N) is 1. The van der Waals surface area contributed by atoms with Crippen molar-refractivity contribution in [1.82, 2.24) is 5.32 Å². The Hall–Kier alpha value is -1.20. The lowest BCUT2D eigenvalue weighted by Gasteiger charge is -2.11. The van der Waals surface area contributed by atoms with E-state index >= 15 is 0 Å². The van der Waals surface area contributed by atoms with Gasteiger partial charge in [-0.3, -0.25) is 4.79 Å². The molecule has 2 unspecified atom stereocenters. The maximum absolute atomic E-state index is 13.1. The second kappa shape index (κ2) is 6.30. The van der Waals surface area contributed by atoms with Gasteiger partial charge in [-0.15, -0.1) is 12.4 Å². The van der Waals surface area contributed by atoms with Gasteiger partial charge in [-0.05, 0) is 37.0 Å². The second-order valence-electron chi connectivity index (χ2n) is 4.77. The molecular formula is C13H17ClF2N2O. The summed E-state index contributed by atoms with van der Waals surface area (Å²) in [4.78, 5) is 11.8. The van der Waals surface area contributed by atoms with E-state index in [2.05, 4.69) is 5.32 Å². The van der Waals surface area contributed by atoms with Crippen molar-refractivity contribution in [2.45, 2.75) is 25.3 Å². The topological polar surface area (TPSA) is 55.1 Å². The summed E-state index contributed by atoms with van der Waals surface area (Å²) in [6.45, 7) is 2.21. The Bertz CT molecular complexity index is 470. The molecule has 3 nitrogen and oxygen atoms in total. The Balaban J connectivity index is 0.00000180. The largest absolute Gasteiger partial charge is 0.352 e. The Morgan fingerprint density at radius 3 is 2.74 bits per heavy atom. The molecule has 19 heavy (non-hydrogen) atoms. The van der Waals surface area contributed by atoms with E-state index in [1.54, 1.807) is 0 Å². The van der Waals surface area contributed by atoms with Gasteiger partial charge in [-0.25, -0.2) is 8.78 Å². The van der Waals surface area contributed by atoms with Gasteiger partial charge in [0, 0.05) is 18.5 Å². The molecule has 1 saturated carbocycles. The molecule has 0 saturated heterocycles. The maximum atomic E-state index is 13.1. The molecule has 3 N–H and O–H groups in total. The molecule has 1 aliphatic rings. The van der Waals surface area contributed by atoms with Crippen molar-refractivity contribution in [3.8, 4) is 0 Å². The molecule has 0 bridgehead atoms. The summed E-state index contributed by atoms with van der Waals surface area (Å²) in [6.07, 6.45) is 0.675. The van der Waals surface area contributed by atoms with Crippen molar-refractivity contribution in [3.05, 3.63) is 35.4 Å². The van der Waals surface area contributed by atoms with E-state index < -0.39 is 11.6 Å². The summed E-state index contributed by atoms with van der Waals surface area (Å²) in [5, 5.41) is 2.79. The van der Waals surface area contributed by atoms with E-state index in [0.717, 1.165) is 6.07 Å². The average molecular weight is 291 g/mol. The number of amides is 1. The molecule has 6 heteroatoms. The molecule has 0 spiro atoms. The molecule has 1 aromatic carbocycles. The Kier molecular flexibility index (Phi) is 5.26. The van der Waals surface area contributed by atoms with Gasteiger partial charge in [0.1, 0.15) is 0 Å². The standard InChI is InChI=1S/C13H16F2N2O.ClH/c1-7(6-16)17-13(18)10-5-9(10)8-2-3-11(14)12(15)4-8;/h2-4,7,9-10H,5-6,16H2,1H3,(H,17,18);1H/t7-,9?,10?;/m0./s1. The van der Waals surface area contributed by atoms with Crippen LogP contribution in [0.3, 0.4) is 0 Å². The Labute approximate surface area is 117 Å². The van der Waals surface area contributed by atoms with Crippen LogP contribution in [0.2, 0.25) is 0 Å². The van der Waals surface area contributed by atoms with Crippen LogP contribution in [0.25, 0.3) is 0 Å². The lowest BCUT2D eigenvalue weighted by Crippen LogP contribution is -2.38. The van der Waals surface area contributed by atoms with Crippen LogP contribution in [0.15, 0.2) is 18.2 Å². The fourth-order valence-corrected chi connectivity index (χ4v) is 2.00. The van der Waals surface area contributed by atoms with E-state index in [-0.39, 0.29) is 36.2 Å². The average Bonchev–Trinajstić information content (AvgIpc) is 3.12. The van der Waals surface area contributed by atoms with Gasteiger partial charge in [0.15, 0.2) is 11.6 Å². The first kappa shape index (κ1) is 15.9. The summed E-state index contributed by atoms with van der Waals surface area (Å²) < 4.78 is 25.9. The summed E-state index contributed by atoms with van der Waals surface area (Å²) in [5.41, 5.74) is 6.09. The normalized spacial score (nSPS) is 22.3. The molecular weight excluding hydrogens is 274 g/mol. The smallest absolute Gasteiger partial charge is 0.224 e. The molecule has 0 aliphatic heterocycles. The summed E-state index contributed by atoms with van der Waals surface area (Å²) >= 11 is 0. The molecule has 1 aliphatic carbocycles.